The highest BCUT2D eigenvalue weighted by Gasteiger charge is 2.12. The van der Waals surface area contributed by atoms with Gasteiger partial charge < -0.3 is 4.59 Å². The van der Waals surface area contributed by atoms with Crippen LogP contribution in [0.5, 0.6) is 0 Å². The summed E-state index contributed by atoms with van der Waals surface area (Å²) in [6, 6.07) is 2.01. The first-order valence-electron chi connectivity index (χ1n) is 4.50. The maximum absolute atomic E-state index is 4.33. The molecule has 0 saturated carbocycles. The van der Waals surface area contributed by atoms with Gasteiger partial charge in [0.05, 0.1) is 5.69 Å². The molecule has 1 radical (unpaired) electrons. The Morgan fingerprint density at radius 1 is 1.46 bits per heavy atom. The van der Waals surface area contributed by atoms with Gasteiger partial charge >= 0.3 is 0 Å². The van der Waals surface area contributed by atoms with Gasteiger partial charge in [-0.3, -0.25) is 4.92 Å². The third kappa shape index (κ3) is 1.80. The molecule has 0 N–H and O–H groups in total. The second-order valence-corrected chi connectivity index (χ2v) is 3.46. The highest BCUT2D eigenvalue weighted by molar-refractivity contribution is 6.30. The average Bonchev–Trinajstić information content (AvgIpc) is 2.62. The SMILES string of the molecule is CC1=[N+]N([BH2-]n2ccc(C)n2)C=C1. The molecule has 1 aliphatic heterocycles. The van der Waals surface area contributed by atoms with E-state index in [-0.39, 0.29) is 0 Å². The lowest BCUT2D eigenvalue weighted by atomic mass is 10.2. The van der Waals surface area contributed by atoms with E-state index in [1.807, 2.05) is 47.9 Å². The summed E-state index contributed by atoms with van der Waals surface area (Å²) in [4.78, 5) is 1.99. The van der Waals surface area contributed by atoms with Crippen LogP contribution in [-0.4, -0.2) is 27.9 Å². The fraction of sp³-hybridized carbons (Fsp3) is 0.250. The maximum Gasteiger partial charge on any atom is 0.280 e. The van der Waals surface area contributed by atoms with E-state index in [1.54, 1.807) is 0 Å². The lowest BCUT2D eigenvalue weighted by Gasteiger charge is -2.09. The Morgan fingerprint density at radius 2 is 2.31 bits per heavy atom. The molecule has 2 heterocycles. The second kappa shape index (κ2) is 3.09. The molecule has 4 nitrogen and oxygen atoms in total. The molecule has 2 rings (SSSR count). The van der Waals surface area contributed by atoms with Crippen LogP contribution in [0.15, 0.2) is 24.5 Å². The Labute approximate surface area is 77.8 Å². The van der Waals surface area contributed by atoms with Crippen LogP contribution >= 0.6 is 0 Å². The zero-order valence-electron chi connectivity index (χ0n) is 8.10. The number of aromatic nitrogens is 2. The number of hydrogen-bond donors (Lipinski definition) is 0. The molecule has 67 valence electrons. The molecule has 0 bridgehead atoms. The Bertz CT molecular complexity index is 366. The van der Waals surface area contributed by atoms with E-state index in [2.05, 4.69) is 10.2 Å². The Hall–Kier alpha value is -1.52. The molecule has 0 spiro atoms. The quantitative estimate of drug-likeness (QED) is 0.572. The predicted molar refractivity (Wildman–Crippen MR) is 54.7 cm³/mol. The van der Waals surface area contributed by atoms with E-state index in [9.17, 15) is 0 Å². The Balaban J connectivity index is 2.04. The smallest absolute Gasteiger partial charge is 0.280 e. The third-order valence-corrected chi connectivity index (χ3v) is 2.10. The van der Waals surface area contributed by atoms with Crippen LogP contribution in [0.3, 0.4) is 0 Å². The van der Waals surface area contributed by atoms with Crippen molar-refractivity contribution < 1.29 is 0 Å². The van der Waals surface area contributed by atoms with E-state index in [0.29, 0.717) is 0 Å². The number of nitrogens with zero attached hydrogens (tertiary/aromatic N) is 4. The minimum atomic E-state index is -0.455. The molecule has 1 aromatic rings. The van der Waals surface area contributed by atoms with E-state index in [0.717, 1.165) is 11.4 Å². The number of allylic oxidation sites excluding steroid dienone is 1. The first-order valence-corrected chi connectivity index (χ1v) is 4.50. The lowest BCUT2D eigenvalue weighted by molar-refractivity contribution is 0.561. The summed E-state index contributed by atoms with van der Waals surface area (Å²) in [5, 5.41) is 8.65. The molecule has 5 heteroatoms. The van der Waals surface area contributed by atoms with E-state index < -0.39 is 7.55 Å². The summed E-state index contributed by atoms with van der Waals surface area (Å²) >= 11 is 0. The number of rotatable bonds is 2. The average molecular weight is 175 g/mol. The highest BCUT2D eigenvalue weighted by Crippen LogP contribution is 1.95. The van der Waals surface area contributed by atoms with Crippen molar-refractivity contribution in [2.75, 3.05) is 0 Å². The predicted octanol–water partition coefficient (Wildman–Crippen LogP) is -0.421. The molecule has 1 aliphatic rings. The number of hydrazone groups is 1. The minimum absolute atomic E-state index is 0.455. The lowest BCUT2D eigenvalue weighted by Crippen LogP contribution is -2.29. The van der Waals surface area contributed by atoms with Gasteiger partial charge in [-0.1, -0.05) is 0 Å². The zero-order valence-corrected chi connectivity index (χ0v) is 8.10. The maximum atomic E-state index is 4.33. The molecular weight excluding hydrogens is 163 g/mol. The van der Waals surface area contributed by atoms with E-state index >= 15 is 0 Å². The molecule has 0 aromatic carbocycles. The van der Waals surface area contributed by atoms with Crippen molar-refractivity contribution >= 4 is 13.3 Å². The molecule has 13 heavy (non-hydrogen) atoms. The van der Waals surface area contributed by atoms with Crippen LogP contribution in [0.1, 0.15) is 12.6 Å². The Kier molecular flexibility index (Phi) is 1.92. The number of hydrogen-bond acceptors (Lipinski definition) is 3. The summed E-state index contributed by atoms with van der Waals surface area (Å²) in [6.07, 6.45) is 6.03. The minimum Gasteiger partial charge on any atom is -0.423 e. The van der Waals surface area contributed by atoms with Gasteiger partial charge in [0.2, 0.25) is 0 Å². The van der Waals surface area contributed by atoms with Gasteiger partial charge in [0.1, 0.15) is 5.10 Å². The molecule has 0 aliphatic carbocycles. The van der Waals surface area contributed by atoms with Crippen molar-refractivity contribution in [3.05, 3.63) is 30.2 Å². The molecule has 0 amide bonds. The van der Waals surface area contributed by atoms with Crippen LogP contribution in [-0.2, 0) is 0 Å². The highest BCUT2D eigenvalue weighted by atomic mass is 15.5. The van der Waals surface area contributed by atoms with E-state index in [4.69, 9.17) is 0 Å². The third-order valence-electron chi connectivity index (χ3n) is 2.10. The van der Waals surface area contributed by atoms with Gasteiger partial charge in [-0.15, -0.1) is 0 Å². The summed E-state index contributed by atoms with van der Waals surface area (Å²) in [6.45, 7) is 3.99. The van der Waals surface area contributed by atoms with Gasteiger partial charge in [-0.2, -0.15) is 0 Å². The van der Waals surface area contributed by atoms with Crippen molar-refractivity contribution in [3.63, 3.8) is 0 Å². The van der Waals surface area contributed by atoms with Crippen molar-refractivity contribution in [2.45, 2.75) is 13.8 Å². The first kappa shape index (κ1) is 8.10. The summed E-state index contributed by atoms with van der Waals surface area (Å²) in [5.41, 5.74) is 2.13. The van der Waals surface area contributed by atoms with Crippen molar-refractivity contribution in [3.8, 4) is 0 Å². The molecule has 0 saturated heterocycles. The molecule has 1 aromatic heterocycles. The first-order chi connectivity index (χ1) is 6.24. The van der Waals surface area contributed by atoms with Crippen molar-refractivity contribution in [2.24, 2.45) is 0 Å². The normalized spacial score (nSPS) is 15.2. The van der Waals surface area contributed by atoms with Crippen LogP contribution < -0.4 is 5.10 Å². The topological polar surface area (TPSA) is 35.2 Å². The Morgan fingerprint density at radius 3 is 2.85 bits per heavy atom. The summed E-state index contributed by atoms with van der Waals surface area (Å²) in [7, 11) is -0.455. The fourth-order valence-corrected chi connectivity index (χ4v) is 1.50. The van der Waals surface area contributed by atoms with Crippen LogP contribution in [0, 0.1) is 6.92 Å². The van der Waals surface area contributed by atoms with Gasteiger partial charge in [0.25, 0.3) is 13.3 Å². The second-order valence-electron chi connectivity index (χ2n) is 3.46. The molecule has 0 fully saturated rings. The van der Waals surface area contributed by atoms with Gasteiger partial charge in [0.15, 0.2) is 0 Å². The van der Waals surface area contributed by atoms with Gasteiger partial charge in [0, 0.05) is 19.2 Å². The molecule has 0 atom stereocenters. The van der Waals surface area contributed by atoms with Crippen LogP contribution in [0.25, 0.3) is 0 Å². The fourth-order valence-electron chi connectivity index (χ4n) is 1.50. The zero-order chi connectivity index (χ0) is 9.26. The van der Waals surface area contributed by atoms with E-state index in [1.165, 1.54) is 0 Å². The van der Waals surface area contributed by atoms with Crippen LogP contribution in [0.4, 0.5) is 0 Å². The molecular formula is C8H12BN4. The van der Waals surface area contributed by atoms with Gasteiger partial charge in [-0.05, 0) is 19.2 Å². The standard InChI is InChI=1S/C8H12BN4/c1-7-3-5-12(10-7)9-13-6-4-8(2)11-13/h3-6H,9H2,1-2H3. The molecule has 0 unspecified atom stereocenters. The van der Waals surface area contributed by atoms with Gasteiger partial charge in [-0.25, -0.2) is 5.10 Å². The van der Waals surface area contributed by atoms with Crippen molar-refractivity contribution in [1.82, 2.24) is 19.7 Å². The van der Waals surface area contributed by atoms with Crippen molar-refractivity contribution in [1.29, 1.82) is 0 Å². The summed E-state index contributed by atoms with van der Waals surface area (Å²) < 4.78 is 1.99. The van der Waals surface area contributed by atoms with Crippen LogP contribution in [0.2, 0.25) is 0 Å². The monoisotopic (exact) mass is 175 g/mol. The number of aryl methyl sites for hydroxylation is 1. The largest absolute Gasteiger partial charge is 0.423 e. The summed E-state index contributed by atoms with van der Waals surface area (Å²) in [5.74, 6) is 0.